The number of fused-ring (bicyclic) bond motifs is 1. The van der Waals surface area contributed by atoms with E-state index in [0.717, 1.165) is 42.3 Å². The van der Waals surface area contributed by atoms with Crippen LogP contribution in [0.2, 0.25) is 5.02 Å². The lowest BCUT2D eigenvalue weighted by molar-refractivity contribution is -0.129. The van der Waals surface area contributed by atoms with Gasteiger partial charge in [0, 0.05) is 49.4 Å². The van der Waals surface area contributed by atoms with Gasteiger partial charge in [0.1, 0.15) is 0 Å². The lowest BCUT2D eigenvalue weighted by Gasteiger charge is -2.39. The van der Waals surface area contributed by atoms with E-state index in [1.54, 1.807) is 0 Å². The predicted octanol–water partition coefficient (Wildman–Crippen LogP) is 1.61. The van der Waals surface area contributed by atoms with Gasteiger partial charge in [0.25, 0.3) is 0 Å². The molecule has 1 aromatic rings. The van der Waals surface area contributed by atoms with Crippen molar-refractivity contribution in [2.24, 2.45) is 5.73 Å². The molecule has 5 heteroatoms. The molecule has 2 aliphatic heterocycles. The predicted molar refractivity (Wildman–Crippen MR) is 76.3 cm³/mol. The summed E-state index contributed by atoms with van der Waals surface area (Å²) in [6.45, 7) is 3.08. The maximum Gasteiger partial charge on any atom is 0.223 e. The minimum absolute atomic E-state index is 0.305. The Labute approximate surface area is 118 Å². The molecule has 1 unspecified atom stereocenters. The number of piperazine rings is 1. The average molecular weight is 280 g/mol. The maximum atomic E-state index is 11.7. The van der Waals surface area contributed by atoms with Crippen molar-refractivity contribution in [1.82, 2.24) is 4.90 Å². The van der Waals surface area contributed by atoms with Crippen LogP contribution >= 0.6 is 11.6 Å². The smallest absolute Gasteiger partial charge is 0.223 e. The first kappa shape index (κ1) is 12.8. The summed E-state index contributed by atoms with van der Waals surface area (Å²) >= 11 is 6.02. The van der Waals surface area contributed by atoms with Crippen LogP contribution in [0.3, 0.4) is 0 Å². The number of carbonyl (C=O) groups is 1. The van der Waals surface area contributed by atoms with Crippen molar-refractivity contribution in [3.8, 4) is 0 Å². The van der Waals surface area contributed by atoms with Crippen LogP contribution in [0.1, 0.15) is 18.4 Å². The summed E-state index contributed by atoms with van der Waals surface area (Å²) in [6, 6.07) is 6.24. The standard InChI is InChI=1S/C14H18ClN3O/c15-11-1-3-13(10(7-11)8-16)17-5-6-18-12(9-17)2-4-14(18)19/h1,3,7,12H,2,4-6,8-9,16H2. The molecule has 2 aliphatic rings. The number of benzene rings is 1. The van der Waals surface area contributed by atoms with Gasteiger partial charge in [0.15, 0.2) is 0 Å². The molecule has 0 spiro atoms. The Morgan fingerprint density at radius 1 is 1.37 bits per heavy atom. The third-order valence-corrected chi connectivity index (χ3v) is 4.33. The molecule has 102 valence electrons. The number of hydrogen-bond donors (Lipinski definition) is 1. The lowest BCUT2D eigenvalue weighted by Crippen LogP contribution is -2.51. The summed E-state index contributed by atoms with van der Waals surface area (Å²) in [6.07, 6.45) is 1.67. The molecule has 1 amide bonds. The zero-order valence-electron chi connectivity index (χ0n) is 10.8. The topological polar surface area (TPSA) is 49.6 Å². The summed E-state index contributed by atoms with van der Waals surface area (Å²) in [7, 11) is 0. The molecule has 4 nitrogen and oxygen atoms in total. The van der Waals surface area contributed by atoms with Gasteiger partial charge in [-0.15, -0.1) is 0 Å². The Kier molecular flexibility index (Phi) is 3.37. The molecular formula is C14H18ClN3O. The molecule has 0 aliphatic carbocycles. The Morgan fingerprint density at radius 3 is 3.00 bits per heavy atom. The second kappa shape index (κ2) is 5.02. The van der Waals surface area contributed by atoms with Gasteiger partial charge in [-0.2, -0.15) is 0 Å². The molecular weight excluding hydrogens is 262 g/mol. The van der Waals surface area contributed by atoms with Crippen LogP contribution in [-0.4, -0.2) is 36.5 Å². The lowest BCUT2D eigenvalue weighted by atomic mass is 10.1. The third kappa shape index (κ3) is 2.30. The second-order valence-corrected chi connectivity index (χ2v) is 5.64. The van der Waals surface area contributed by atoms with Gasteiger partial charge in [-0.05, 0) is 30.2 Å². The van der Waals surface area contributed by atoms with E-state index in [-0.39, 0.29) is 0 Å². The largest absolute Gasteiger partial charge is 0.367 e. The van der Waals surface area contributed by atoms with Crippen molar-refractivity contribution in [2.45, 2.75) is 25.4 Å². The minimum atomic E-state index is 0.305. The van der Waals surface area contributed by atoms with Crippen LogP contribution in [0, 0.1) is 0 Å². The van der Waals surface area contributed by atoms with Gasteiger partial charge in [0.05, 0.1) is 0 Å². The van der Waals surface area contributed by atoms with Crippen LogP contribution in [0.15, 0.2) is 18.2 Å². The fourth-order valence-electron chi connectivity index (χ4n) is 3.11. The number of amides is 1. The highest BCUT2D eigenvalue weighted by Gasteiger charge is 2.35. The molecule has 0 saturated carbocycles. The molecule has 1 atom stereocenters. The SMILES string of the molecule is NCc1cc(Cl)ccc1N1CCN2C(=O)CCC2C1. The first-order valence-electron chi connectivity index (χ1n) is 6.72. The van der Waals surface area contributed by atoms with E-state index in [1.807, 2.05) is 23.1 Å². The zero-order valence-corrected chi connectivity index (χ0v) is 11.6. The minimum Gasteiger partial charge on any atom is -0.367 e. The zero-order chi connectivity index (χ0) is 13.4. The van der Waals surface area contributed by atoms with Crippen LogP contribution < -0.4 is 10.6 Å². The highest BCUT2D eigenvalue weighted by atomic mass is 35.5. The van der Waals surface area contributed by atoms with Gasteiger partial charge in [-0.25, -0.2) is 0 Å². The summed E-state index contributed by atoms with van der Waals surface area (Å²) in [5.74, 6) is 0.305. The molecule has 0 bridgehead atoms. The summed E-state index contributed by atoms with van der Waals surface area (Å²) in [5, 5.41) is 0.721. The first-order chi connectivity index (χ1) is 9.19. The van der Waals surface area contributed by atoms with Crippen molar-refractivity contribution < 1.29 is 4.79 Å². The van der Waals surface area contributed by atoms with Crippen molar-refractivity contribution in [1.29, 1.82) is 0 Å². The number of hydrogen-bond acceptors (Lipinski definition) is 3. The van der Waals surface area contributed by atoms with Crippen molar-refractivity contribution in [2.75, 3.05) is 24.5 Å². The van der Waals surface area contributed by atoms with Crippen molar-refractivity contribution >= 4 is 23.2 Å². The van der Waals surface area contributed by atoms with Gasteiger partial charge < -0.3 is 15.5 Å². The monoisotopic (exact) mass is 279 g/mol. The Morgan fingerprint density at radius 2 is 2.21 bits per heavy atom. The van der Waals surface area contributed by atoms with Crippen molar-refractivity contribution in [3.63, 3.8) is 0 Å². The highest BCUT2D eigenvalue weighted by molar-refractivity contribution is 6.30. The fraction of sp³-hybridized carbons (Fsp3) is 0.500. The molecule has 19 heavy (non-hydrogen) atoms. The highest BCUT2D eigenvalue weighted by Crippen LogP contribution is 2.29. The van der Waals surface area contributed by atoms with Crippen LogP contribution in [-0.2, 0) is 11.3 Å². The van der Waals surface area contributed by atoms with Gasteiger partial charge in [0.2, 0.25) is 5.91 Å². The van der Waals surface area contributed by atoms with E-state index in [4.69, 9.17) is 17.3 Å². The quantitative estimate of drug-likeness (QED) is 0.895. The van der Waals surface area contributed by atoms with Gasteiger partial charge >= 0.3 is 0 Å². The molecule has 2 saturated heterocycles. The van der Waals surface area contributed by atoms with E-state index in [2.05, 4.69) is 4.90 Å². The number of halogens is 1. The van der Waals surface area contributed by atoms with Crippen LogP contribution in [0.4, 0.5) is 5.69 Å². The normalized spacial score (nSPS) is 22.8. The molecule has 1 aromatic carbocycles. The Balaban J connectivity index is 1.82. The number of nitrogens with zero attached hydrogens (tertiary/aromatic N) is 2. The third-order valence-electron chi connectivity index (χ3n) is 4.10. The number of nitrogens with two attached hydrogens (primary N) is 1. The second-order valence-electron chi connectivity index (χ2n) is 5.20. The van der Waals surface area contributed by atoms with Crippen LogP contribution in [0.25, 0.3) is 0 Å². The van der Waals surface area contributed by atoms with E-state index < -0.39 is 0 Å². The van der Waals surface area contributed by atoms with E-state index >= 15 is 0 Å². The van der Waals surface area contributed by atoms with E-state index in [1.165, 1.54) is 0 Å². The molecule has 0 aromatic heterocycles. The summed E-state index contributed by atoms with van der Waals surface area (Å²) in [4.78, 5) is 16.0. The fourth-order valence-corrected chi connectivity index (χ4v) is 3.30. The number of carbonyl (C=O) groups excluding carboxylic acids is 1. The van der Waals surface area contributed by atoms with Gasteiger partial charge in [-0.3, -0.25) is 4.79 Å². The van der Waals surface area contributed by atoms with Gasteiger partial charge in [-0.1, -0.05) is 11.6 Å². The molecule has 2 heterocycles. The van der Waals surface area contributed by atoms with E-state index in [9.17, 15) is 4.79 Å². The average Bonchev–Trinajstić information content (AvgIpc) is 2.79. The Bertz CT molecular complexity index is 505. The molecule has 0 radical (unpaired) electrons. The Hall–Kier alpha value is -1.26. The number of rotatable bonds is 2. The van der Waals surface area contributed by atoms with Crippen molar-refractivity contribution in [3.05, 3.63) is 28.8 Å². The maximum absolute atomic E-state index is 11.7. The summed E-state index contributed by atoms with van der Waals surface area (Å²) in [5.41, 5.74) is 8.04. The molecule has 2 N–H and O–H groups in total. The summed E-state index contributed by atoms with van der Waals surface area (Å²) < 4.78 is 0. The first-order valence-corrected chi connectivity index (χ1v) is 7.10. The molecule has 3 rings (SSSR count). The van der Waals surface area contributed by atoms with E-state index in [0.29, 0.717) is 24.9 Å². The van der Waals surface area contributed by atoms with Crippen LogP contribution in [0.5, 0.6) is 0 Å². The number of anilines is 1. The molecule has 2 fully saturated rings.